The van der Waals surface area contributed by atoms with Crippen LogP contribution in [0.4, 0.5) is 0 Å². The molecule has 1 aliphatic rings. The molecular weight excluding hydrogens is 218 g/mol. The van der Waals surface area contributed by atoms with Gasteiger partial charge in [-0.25, -0.2) is 0 Å². The van der Waals surface area contributed by atoms with E-state index in [1.165, 1.54) is 0 Å². The number of methoxy groups -OCH3 is 1. The molecule has 0 aromatic heterocycles. The average molecular weight is 243 g/mol. The molecule has 100 valence electrons. The number of piperazine rings is 1. The van der Waals surface area contributed by atoms with Crippen LogP contribution in [0.25, 0.3) is 0 Å². The van der Waals surface area contributed by atoms with Crippen molar-refractivity contribution in [3.05, 3.63) is 0 Å². The molecule has 0 spiro atoms. The van der Waals surface area contributed by atoms with Crippen molar-refractivity contribution in [2.24, 2.45) is 0 Å². The fourth-order valence-electron chi connectivity index (χ4n) is 1.86. The Labute approximate surface area is 104 Å². The first-order valence-corrected chi connectivity index (χ1v) is 6.27. The second-order valence-electron chi connectivity index (χ2n) is 4.73. The van der Waals surface area contributed by atoms with Gasteiger partial charge in [0.15, 0.2) is 0 Å². The van der Waals surface area contributed by atoms with E-state index in [4.69, 9.17) is 4.74 Å². The summed E-state index contributed by atoms with van der Waals surface area (Å²) >= 11 is 0. The van der Waals surface area contributed by atoms with Gasteiger partial charge in [0.1, 0.15) is 0 Å². The van der Waals surface area contributed by atoms with Crippen molar-refractivity contribution in [3.63, 3.8) is 0 Å². The minimum absolute atomic E-state index is 0.280. The molecule has 1 amide bonds. The Bertz CT molecular complexity index is 228. The van der Waals surface area contributed by atoms with Gasteiger partial charge in [0.25, 0.3) is 0 Å². The Balaban J connectivity index is 2.16. The molecule has 0 atom stereocenters. The van der Waals surface area contributed by atoms with E-state index in [0.717, 1.165) is 45.9 Å². The molecular formula is C12H25N3O2. The topological polar surface area (TPSA) is 36.0 Å². The quantitative estimate of drug-likeness (QED) is 0.643. The molecule has 0 bridgehead atoms. The van der Waals surface area contributed by atoms with Gasteiger partial charge in [-0.05, 0) is 14.1 Å². The molecule has 0 aromatic rings. The molecule has 1 fully saturated rings. The van der Waals surface area contributed by atoms with Crippen LogP contribution in [0.3, 0.4) is 0 Å². The third-order valence-electron chi connectivity index (χ3n) is 3.24. The van der Waals surface area contributed by atoms with Crippen molar-refractivity contribution in [1.82, 2.24) is 14.7 Å². The molecule has 0 saturated carbocycles. The van der Waals surface area contributed by atoms with E-state index in [2.05, 4.69) is 16.8 Å². The second kappa shape index (κ2) is 7.63. The van der Waals surface area contributed by atoms with Crippen LogP contribution in [-0.4, -0.2) is 87.7 Å². The number of ether oxygens (including phenoxy) is 1. The highest BCUT2D eigenvalue weighted by Crippen LogP contribution is 2.02. The van der Waals surface area contributed by atoms with Crippen LogP contribution in [-0.2, 0) is 9.53 Å². The van der Waals surface area contributed by atoms with Gasteiger partial charge in [0, 0.05) is 52.8 Å². The second-order valence-corrected chi connectivity index (χ2v) is 4.73. The van der Waals surface area contributed by atoms with Crippen LogP contribution in [0.15, 0.2) is 0 Å². The molecule has 0 N–H and O–H groups in total. The Kier molecular flexibility index (Phi) is 6.47. The Morgan fingerprint density at radius 3 is 2.47 bits per heavy atom. The minimum atomic E-state index is 0.280. The predicted octanol–water partition coefficient (Wildman–Crippen LogP) is -0.271. The van der Waals surface area contributed by atoms with Crippen LogP contribution in [0.1, 0.15) is 6.42 Å². The van der Waals surface area contributed by atoms with Gasteiger partial charge in [0.2, 0.25) is 5.91 Å². The SMILES string of the molecule is COCCN(C)CCC(=O)N1CCN(C)CC1. The Hall–Kier alpha value is -0.650. The van der Waals surface area contributed by atoms with Gasteiger partial charge in [-0.1, -0.05) is 0 Å². The zero-order valence-corrected chi connectivity index (χ0v) is 11.3. The molecule has 5 nitrogen and oxygen atoms in total. The van der Waals surface area contributed by atoms with Gasteiger partial charge in [-0.2, -0.15) is 0 Å². The predicted molar refractivity (Wildman–Crippen MR) is 68.1 cm³/mol. The summed E-state index contributed by atoms with van der Waals surface area (Å²) in [5.74, 6) is 0.280. The number of nitrogens with zero attached hydrogens (tertiary/aromatic N) is 3. The van der Waals surface area contributed by atoms with Gasteiger partial charge in [-0.3, -0.25) is 4.79 Å². The van der Waals surface area contributed by atoms with Crippen LogP contribution >= 0.6 is 0 Å². The van der Waals surface area contributed by atoms with Gasteiger partial charge in [-0.15, -0.1) is 0 Å². The van der Waals surface area contributed by atoms with E-state index < -0.39 is 0 Å². The largest absolute Gasteiger partial charge is 0.383 e. The standard InChI is InChI=1S/C12H25N3O2/c1-13(10-11-17-3)5-4-12(16)15-8-6-14(2)7-9-15/h4-11H2,1-3H3. The zero-order valence-electron chi connectivity index (χ0n) is 11.3. The number of hydrogen-bond acceptors (Lipinski definition) is 4. The first-order valence-electron chi connectivity index (χ1n) is 6.27. The third-order valence-corrected chi connectivity index (χ3v) is 3.24. The summed E-state index contributed by atoms with van der Waals surface area (Å²) in [6, 6.07) is 0. The van der Waals surface area contributed by atoms with Crippen LogP contribution < -0.4 is 0 Å². The highest BCUT2D eigenvalue weighted by atomic mass is 16.5. The minimum Gasteiger partial charge on any atom is -0.383 e. The molecule has 17 heavy (non-hydrogen) atoms. The fourth-order valence-corrected chi connectivity index (χ4v) is 1.86. The molecule has 0 aromatic carbocycles. The number of carbonyl (C=O) groups is 1. The highest BCUT2D eigenvalue weighted by molar-refractivity contribution is 5.76. The molecule has 1 saturated heterocycles. The normalized spacial score (nSPS) is 17.8. The lowest BCUT2D eigenvalue weighted by Gasteiger charge is -2.32. The number of amides is 1. The molecule has 1 heterocycles. The molecule has 0 radical (unpaired) electrons. The summed E-state index contributed by atoms with van der Waals surface area (Å²) in [6.45, 7) is 6.14. The van der Waals surface area contributed by atoms with E-state index >= 15 is 0 Å². The third kappa shape index (κ3) is 5.48. The first kappa shape index (κ1) is 14.4. The summed E-state index contributed by atoms with van der Waals surface area (Å²) in [6.07, 6.45) is 0.615. The monoisotopic (exact) mass is 243 g/mol. The average Bonchev–Trinajstić information content (AvgIpc) is 2.34. The summed E-state index contributed by atoms with van der Waals surface area (Å²) in [5.41, 5.74) is 0. The fraction of sp³-hybridized carbons (Fsp3) is 0.917. The molecule has 5 heteroatoms. The summed E-state index contributed by atoms with van der Waals surface area (Å²) in [5, 5.41) is 0. The van der Waals surface area contributed by atoms with E-state index in [9.17, 15) is 4.79 Å². The van der Waals surface area contributed by atoms with Gasteiger partial charge in [0.05, 0.1) is 6.61 Å². The molecule has 1 rings (SSSR count). The summed E-state index contributed by atoms with van der Waals surface area (Å²) in [4.78, 5) is 18.3. The maximum Gasteiger partial charge on any atom is 0.223 e. The molecule has 0 unspecified atom stereocenters. The number of hydrogen-bond donors (Lipinski definition) is 0. The summed E-state index contributed by atoms with van der Waals surface area (Å²) in [7, 11) is 5.82. The van der Waals surface area contributed by atoms with E-state index in [1.807, 2.05) is 11.9 Å². The molecule has 1 aliphatic heterocycles. The van der Waals surface area contributed by atoms with Crippen molar-refractivity contribution in [1.29, 1.82) is 0 Å². The van der Waals surface area contributed by atoms with Gasteiger partial charge >= 0.3 is 0 Å². The van der Waals surface area contributed by atoms with Crippen molar-refractivity contribution in [2.45, 2.75) is 6.42 Å². The lowest BCUT2D eigenvalue weighted by molar-refractivity contribution is -0.133. The van der Waals surface area contributed by atoms with E-state index in [-0.39, 0.29) is 5.91 Å². The van der Waals surface area contributed by atoms with E-state index in [1.54, 1.807) is 7.11 Å². The Morgan fingerprint density at radius 2 is 1.88 bits per heavy atom. The van der Waals surface area contributed by atoms with Crippen molar-refractivity contribution >= 4 is 5.91 Å². The van der Waals surface area contributed by atoms with Crippen LogP contribution in [0, 0.1) is 0 Å². The van der Waals surface area contributed by atoms with Crippen molar-refractivity contribution in [2.75, 3.05) is 67.1 Å². The van der Waals surface area contributed by atoms with Crippen LogP contribution in [0.2, 0.25) is 0 Å². The van der Waals surface area contributed by atoms with Crippen molar-refractivity contribution < 1.29 is 9.53 Å². The first-order chi connectivity index (χ1) is 8.13. The lowest BCUT2D eigenvalue weighted by atomic mass is 10.3. The summed E-state index contributed by atoms with van der Waals surface area (Å²) < 4.78 is 5.00. The maximum atomic E-state index is 11.9. The van der Waals surface area contributed by atoms with E-state index in [0.29, 0.717) is 6.42 Å². The van der Waals surface area contributed by atoms with Crippen LogP contribution in [0.5, 0.6) is 0 Å². The van der Waals surface area contributed by atoms with Crippen molar-refractivity contribution in [3.8, 4) is 0 Å². The highest BCUT2D eigenvalue weighted by Gasteiger charge is 2.18. The lowest BCUT2D eigenvalue weighted by Crippen LogP contribution is -2.47. The number of carbonyl (C=O) groups excluding carboxylic acids is 1. The maximum absolute atomic E-state index is 11.9. The number of rotatable bonds is 6. The number of likely N-dealkylation sites (N-methyl/N-ethyl adjacent to an activating group) is 2. The van der Waals surface area contributed by atoms with Gasteiger partial charge < -0.3 is 19.4 Å². The smallest absolute Gasteiger partial charge is 0.223 e. The Morgan fingerprint density at radius 1 is 1.24 bits per heavy atom. The molecule has 0 aliphatic carbocycles. The zero-order chi connectivity index (χ0) is 12.7.